The van der Waals surface area contributed by atoms with E-state index in [1.807, 2.05) is 0 Å². The van der Waals surface area contributed by atoms with Gasteiger partial charge in [0.2, 0.25) is 0 Å². The monoisotopic (exact) mass is 535 g/mol. The Morgan fingerprint density at radius 2 is 1.69 bits per heavy atom. The summed E-state index contributed by atoms with van der Waals surface area (Å²) in [7, 11) is -3.98. The van der Waals surface area contributed by atoms with Gasteiger partial charge in [-0.05, 0) is 54.6 Å². The van der Waals surface area contributed by atoms with Crippen LogP contribution in [0.1, 0.15) is 9.80 Å². The van der Waals surface area contributed by atoms with Crippen LogP contribution in [0.15, 0.2) is 83.1 Å². The third-order valence-corrected chi connectivity index (χ3v) is 6.86. The topological polar surface area (TPSA) is 118 Å². The predicted molar refractivity (Wildman–Crippen MR) is 128 cm³/mol. The highest BCUT2D eigenvalue weighted by Crippen LogP contribution is 2.30. The average Bonchev–Trinajstić information content (AvgIpc) is 3.32. The second-order valence-electron chi connectivity index (χ2n) is 7.21. The van der Waals surface area contributed by atoms with Crippen LogP contribution in [0, 0.1) is 0 Å². The number of nitrogens with one attached hydrogen (secondary N) is 2. The van der Waals surface area contributed by atoms with Crippen molar-refractivity contribution >= 4 is 38.6 Å². The molecule has 0 unspecified atom stereocenters. The molecule has 0 saturated carbocycles. The Morgan fingerprint density at radius 1 is 1.00 bits per heavy atom. The van der Waals surface area contributed by atoms with Crippen molar-refractivity contribution in [3.05, 3.63) is 83.2 Å². The van der Waals surface area contributed by atoms with Crippen LogP contribution in [0.3, 0.4) is 0 Å². The summed E-state index contributed by atoms with van der Waals surface area (Å²) in [5.41, 5.74) is 0.888. The van der Waals surface area contributed by atoms with Crippen molar-refractivity contribution in [2.24, 2.45) is 0 Å². The Balaban J connectivity index is 1.47. The fourth-order valence-corrected chi connectivity index (χ4v) is 4.83. The van der Waals surface area contributed by atoms with E-state index in [2.05, 4.69) is 19.8 Å². The molecule has 0 bridgehead atoms. The number of aromatic nitrogens is 1. The molecular weight excluding hydrogens is 519 g/mol. The second kappa shape index (κ2) is 9.87. The van der Waals surface area contributed by atoms with Crippen molar-refractivity contribution in [2.45, 2.75) is 11.3 Å². The molecule has 4 aromatic rings. The molecule has 0 aliphatic heterocycles. The molecule has 3 aromatic carbocycles. The summed E-state index contributed by atoms with van der Waals surface area (Å²) in [4.78, 5) is 16.9. The zero-order valence-electron chi connectivity index (χ0n) is 18.0. The number of anilines is 2. The Bertz CT molecular complexity index is 1490. The third kappa shape index (κ3) is 6.12. The van der Waals surface area contributed by atoms with Crippen LogP contribution >= 0.6 is 11.3 Å². The van der Waals surface area contributed by atoms with Gasteiger partial charge in [-0.3, -0.25) is 9.52 Å². The molecule has 36 heavy (non-hydrogen) atoms. The Labute approximate surface area is 207 Å². The van der Waals surface area contributed by atoms with E-state index in [1.54, 1.807) is 23.6 Å². The van der Waals surface area contributed by atoms with Gasteiger partial charge in [0.05, 0.1) is 16.3 Å². The molecule has 1 heterocycles. The van der Waals surface area contributed by atoms with E-state index in [0.717, 1.165) is 23.5 Å². The summed E-state index contributed by atoms with van der Waals surface area (Å²) in [6.07, 6.45) is -4.80. The minimum Gasteiger partial charge on any atom is -0.506 e. The zero-order valence-corrected chi connectivity index (χ0v) is 19.6. The fourth-order valence-electron chi connectivity index (χ4n) is 3.02. The number of sulfonamides is 1. The van der Waals surface area contributed by atoms with Gasteiger partial charge in [0.15, 0.2) is 5.01 Å². The number of alkyl halides is 3. The van der Waals surface area contributed by atoms with Crippen LogP contribution in [0.5, 0.6) is 11.5 Å². The van der Waals surface area contributed by atoms with Gasteiger partial charge >= 0.3 is 6.36 Å². The first-order valence-corrected chi connectivity index (χ1v) is 12.4. The van der Waals surface area contributed by atoms with Crippen molar-refractivity contribution in [3.8, 4) is 22.8 Å². The highest BCUT2D eigenvalue weighted by molar-refractivity contribution is 7.92. The Morgan fingerprint density at radius 3 is 2.36 bits per heavy atom. The van der Waals surface area contributed by atoms with Crippen molar-refractivity contribution < 1.29 is 36.2 Å². The number of halogens is 3. The molecule has 4 rings (SSSR count). The molecular formula is C23H16F3N3O5S2. The minimum atomic E-state index is -4.80. The lowest BCUT2D eigenvalue weighted by Gasteiger charge is -2.11. The molecule has 0 atom stereocenters. The maximum atomic E-state index is 12.7. The van der Waals surface area contributed by atoms with Crippen LogP contribution in [0.2, 0.25) is 0 Å². The van der Waals surface area contributed by atoms with E-state index in [4.69, 9.17) is 0 Å². The first-order valence-electron chi connectivity index (χ1n) is 10.0. The Hall–Kier alpha value is -4.10. The summed E-state index contributed by atoms with van der Waals surface area (Å²) in [5.74, 6) is -1.33. The van der Waals surface area contributed by atoms with Crippen LogP contribution in [-0.2, 0) is 10.0 Å². The number of nitrogens with zero attached hydrogens (tertiary/aromatic N) is 1. The lowest BCUT2D eigenvalue weighted by Crippen LogP contribution is -2.16. The molecule has 0 fully saturated rings. The number of carbonyl (C=O) groups is 1. The predicted octanol–water partition coefficient (Wildman–Crippen LogP) is 5.47. The summed E-state index contributed by atoms with van der Waals surface area (Å²) in [6.45, 7) is 0. The van der Waals surface area contributed by atoms with Crippen LogP contribution in [0.25, 0.3) is 11.3 Å². The van der Waals surface area contributed by atoms with Crippen molar-refractivity contribution in [2.75, 3.05) is 10.0 Å². The molecule has 1 aromatic heterocycles. The fraction of sp³-hybridized carbons (Fsp3) is 0.0435. The van der Waals surface area contributed by atoms with Crippen LogP contribution in [0.4, 0.5) is 24.5 Å². The van der Waals surface area contributed by atoms with Gasteiger partial charge in [0, 0.05) is 16.6 Å². The number of hydrogen-bond donors (Lipinski definition) is 3. The highest BCUT2D eigenvalue weighted by Gasteiger charge is 2.31. The number of benzene rings is 3. The number of aromatic hydroxyl groups is 1. The zero-order chi connectivity index (χ0) is 25.9. The number of phenolic OH excluding ortho intramolecular Hbond substituents is 1. The quantitative estimate of drug-likeness (QED) is 0.214. The molecule has 13 heteroatoms. The SMILES string of the molecule is O=C(Nc1ccc(O)c(NS(=O)(=O)c2ccccc2)c1)c1nc(-c2ccc(OC(F)(F)F)cc2)cs1. The molecule has 0 spiro atoms. The number of hydrogen-bond acceptors (Lipinski definition) is 7. The van der Waals surface area contributed by atoms with Gasteiger partial charge in [0.1, 0.15) is 11.5 Å². The van der Waals surface area contributed by atoms with Gasteiger partial charge in [-0.1, -0.05) is 18.2 Å². The maximum absolute atomic E-state index is 12.7. The molecule has 8 nitrogen and oxygen atoms in total. The van der Waals surface area contributed by atoms with E-state index in [9.17, 15) is 31.5 Å². The van der Waals surface area contributed by atoms with Crippen molar-refractivity contribution in [3.63, 3.8) is 0 Å². The standard InChI is InChI=1S/C23H16F3N3O5S2/c24-23(25,26)34-16-9-6-14(7-10-16)19-13-35-22(28-19)21(31)27-15-8-11-20(30)18(12-15)29-36(32,33)17-4-2-1-3-5-17/h1-13,29-30H,(H,27,31). The van der Waals surface area contributed by atoms with E-state index in [1.165, 1.54) is 42.5 Å². The number of carbonyl (C=O) groups excluding carboxylic acids is 1. The van der Waals surface area contributed by atoms with Gasteiger partial charge in [0.25, 0.3) is 15.9 Å². The van der Waals surface area contributed by atoms with Crippen molar-refractivity contribution in [1.82, 2.24) is 4.98 Å². The summed E-state index contributed by atoms with van der Waals surface area (Å²) < 4.78 is 68.2. The lowest BCUT2D eigenvalue weighted by atomic mass is 10.2. The normalized spacial score (nSPS) is 11.6. The Kier molecular flexibility index (Phi) is 6.86. The van der Waals surface area contributed by atoms with Crippen LogP contribution in [-0.4, -0.2) is 30.8 Å². The van der Waals surface area contributed by atoms with Gasteiger partial charge in [-0.2, -0.15) is 0 Å². The van der Waals surface area contributed by atoms with E-state index < -0.39 is 22.3 Å². The maximum Gasteiger partial charge on any atom is 0.573 e. The van der Waals surface area contributed by atoms with E-state index in [-0.39, 0.29) is 32.8 Å². The van der Waals surface area contributed by atoms with E-state index in [0.29, 0.717) is 11.3 Å². The third-order valence-electron chi connectivity index (χ3n) is 4.63. The molecule has 3 N–H and O–H groups in total. The molecule has 0 aliphatic rings. The number of rotatable bonds is 7. The molecule has 0 saturated heterocycles. The number of phenols is 1. The summed E-state index contributed by atoms with van der Waals surface area (Å²) >= 11 is 1.01. The average molecular weight is 536 g/mol. The molecule has 1 amide bonds. The lowest BCUT2D eigenvalue weighted by molar-refractivity contribution is -0.274. The first kappa shape index (κ1) is 25.0. The first-order chi connectivity index (χ1) is 17.0. The van der Waals surface area contributed by atoms with Crippen molar-refractivity contribution in [1.29, 1.82) is 0 Å². The molecule has 0 aliphatic carbocycles. The summed E-state index contributed by atoms with van der Waals surface area (Å²) in [6, 6.07) is 16.4. The minimum absolute atomic E-state index is 0.00726. The number of amides is 1. The van der Waals surface area contributed by atoms with E-state index >= 15 is 0 Å². The smallest absolute Gasteiger partial charge is 0.506 e. The summed E-state index contributed by atoms with van der Waals surface area (Å²) in [5, 5.41) is 14.3. The molecule has 0 radical (unpaired) electrons. The second-order valence-corrected chi connectivity index (χ2v) is 9.76. The number of ether oxygens (including phenoxy) is 1. The van der Waals surface area contributed by atoms with Gasteiger partial charge in [-0.15, -0.1) is 24.5 Å². The van der Waals surface area contributed by atoms with Gasteiger partial charge < -0.3 is 15.2 Å². The molecule has 186 valence electrons. The number of thiazole rings is 1. The highest BCUT2D eigenvalue weighted by atomic mass is 32.2. The van der Waals surface area contributed by atoms with Gasteiger partial charge in [-0.25, -0.2) is 13.4 Å². The largest absolute Gasteiger partial charge is 0.573 e. The van der Waals surface area contributed by atoms with Crippen LogP contribution < -0.4 is 14.8 Å².